The van der Waals surface area contributed by atoms with Crippen LogP contribution in [0.5, 0.6) is 0 Å². The summed E-state index contributed by atoms with van der Waals surface area (Å²) in [7, 11) is 0. The molecule has 2 aromatic heterocycles. The van der Waals surface area contributed by atoms with Crippen LogP contribution in [0.1, 0.15) is 0 Å². The molecule has 12 heavy (non-hydrogen) atoms. The van der Waals surface area contributed by atoms with Crippen molar-refractivity contribution in [2.45, 2.75) is 0 Å². The molecule has 0 amide bonds. The van der Waals surface area contributed by atoms with Gasteiger partial charge in [-0.05, 0) is 22.0 Å². The van der Waals surface area contributed by atoms with E-state index in [0.717, 1.165) is 0 Å². The van der Waals surface area contributed by atoms with Crippen molar-refractivity contribution in [2.75, 3.05) is 0 Å². The molecule has 0 radical (unpaired) electrons. The van der Waals surface area contributed by atoms with E-state index in [1.807, 2.05) is 0 Å². The maximum absolute atomic E-state index is 12.9. The monoisotopic (exact) mass is 248 g/mol. The average molecular weight is 249 g/mol. The zero-order valence-corrected chi connectivity index (χ0v) is 8.10. The molecule has 62 valence electrons. The van der Waals surface area contributed by atoms with Gasteiger partial charge in [0.15, 0.2) is 0 Å². The fraction of sp³-hybridized carbons (Fsp3) is 0. The molecule has 0 bridgehead atoms. The van der Waals surface area contributed by atoms with Crippen molar-refractivity contribution < 1.29 is 4.39 Å². The Labute approximate surface area is 81.1 Å². The van der Waals surface area contributed by atoms with Crippen molar-refractivity contribution >= 4 is 33.0 Å². The van der Waals surface area contributed by atoms with Gasteiger partial charge in [-0.25, -0.2) is 9.37 Å². The average Bonchev–Trinajstić information content (AvgIpc) is 2.41. The van der Waals surface area contributed by atoms with Crippen LogP contribution in [0, 0.1) is 5.82 Å². The highest BCUT2D eigenvalue weighted by molar-refractivity contribution is 9.10. The van der Waals surface area contributed by atoms with Gasteiger partial charge in [-0.1, -0.05) is 11.6 Å². The van der Waals surface area contributed by atoms with Crippen molar-refractivity contribution in [3.8, 4) is 0 Å². The van der Waals surface area contributed by atoms with Crippen LogP contribution in [0.25, 0.3) is 5.52 Å². The molecule has 0 N–H and O–H groups in total. The Morgan fingerprint density at radius 1 is 1.58 bits per heavy atom. The van der Waals surface area contributed by atoms with E-state index in [9.17, 15) is 4.39 Å². The summed E-state index contributed by atoms with van der Waals surface area (Å²) in [5, 5.41) is 0.0851. The van der Waals surface area contributed by atoms with Crippen molar-refractivity contribution in [1.82, 2.24) is 9.38 Å². The Morgan fingerprint density at radius 3 is 3.08 bits per heavy atom. The molecule has 0 atom stereocenters. The van der Waals surface area contributed by atoms with Gasteiger partial charge in [0.25, 0.3) is 0 Å². The lowest BCUT2D eigenvalue weighted by atomic mass is 10.4. The number of hydrogen-bond acceptors (Lipinski definition) is 1. The van der Waals surface area contributed by atoms with Gasteiger partial charge in [0.05, 0.1) is 0 Å². The summed E-state index contributed by atoms with van der Waals surface area (Å²) in [4.78, 5) is 3.93. The predicted molar refractivity (Wildman–Crippen MR) is 47.9 cm³/mol. The second-order valence-electron chi connectivity index (χ2n) is 2.27. The second kappa shape index (κ2) is 2.71. The number of aromatic nitrogens is 2. The molecule has 0 spiro atoms. The lowest BCUT2D eigenvalue weighted by Crippen LogP contribution is -1.85. The largest absolute Gasteiger partial charge is 0.304 e. The summed E-state index contributed by atoms with van der Waals surface area (Å²) in [5.74, 6) is -0.439. The highest BCUT2D eigenvalue weighted by atomic mass is 79.9. The molecule has 0 aliphatic rings. The third-order valence-electron chi connectivity index (χ3n) is 1.55. The zero-order chi connectivity index (χ0) is 8.72. The number of halogens is 3. The summed E-state index contributed by atoms with van der Waals surface area (Å²) in [5.41, 5.74) is 0.552. The summed E-state index contributed by atoms with van der Waals surface area (Å²) >= 11 is 8.88. The fourth-order valence-electron chi connectivity index (χ4n) is 0.987. The number of imidazole rings is 1. The lowest BCUT2D eigenvalue weighted by molar-refractivity contribution is 0.627. The molecular weight excluding hydrogens is 246 g/mol. The molecule has 0 unspecified atom stereocenters. The van der Waals surface area contributed by atoms with E-state index in [0.29, 0.717) is 10.1 Å². The van der Waals surface area contributed by atoms with Crippen LogP contribution in [-0.2, 0) is 0 Å². The van der Waals surface area contributed by atoms with Crippen LogP contribution in [0.3, 0.4) is 0 Å². The Morgan fingerprint density at radius 2 is 2.33 bits per heavy atom. The third kappa shape index (κ3) is 1.03. The van der Waals surface area contributed by atoms with E-state index >= 15 is 0 Å². The first-order chi connectivity index (χ1) is 5.70. The number of fused-ring (bicyclic) bond motifs is 1. The first-order valence-electron chi connectivity index (χ1n) is 3.16. The summed E-state index contributed by atoms with van der Waals surface area (Å²) < 4.78 is 15.1. The minimum atomic E-state index is -0.439. The maximum atomic E-state index is 12.9. The zero-order valence-electron chi connectivity index (χ0n) is 5.76. The Hall–Kier alpha value is -0.610. The van der Waals surface area contributed by atoms with E-state index in [4.69, 9.17) is 11.6 Å². The molecule has 0 aliphatic heterocycles. The Bertz CT molecular complexity index is 440. The molecule has 2 rings (SSSR count). The van der Waals surface area contributed by atoms with Gasteiger partial charge in [-0.2, -0.15) is 0 Å². The van der Waals surface area contributed by atoms with Gasteiger partial charge in [0, 0.05) is 6.20 Å². The van der Waals surface area contributed by atoms with Crippen molar-refractivity contribution in [3.63, 3.8) is 0 Å². The van der Waals surface area contributed by atoms with E-state index in [1.54, 1.807) is 16.9 Å². The molecule has 2 aromatic rings. The number of hydrogen-bond donors (Lipinski definition) is 0. The molecule has 0 aromatic carbocycles. The molecular formula is C7H3BrClFN2. The van der Waals surface area contributed by atoms with Crippen LogP contribution < -0.4 is 0 Å². The van der Waals surface area contributed by atoms with Gasteiger partial charge in [-0.15, -0.1) is 0 Å². The normalized spacial score (nSPS) is 10.9. The van der Waals surface area contributed by atoms with Gasteiger partial charge >= 0.3 is 0 Å². The van der Waals surface area contributed by atoms with Crippen LogP contribution in [0.4, 0.5) is 4.39 Å². The number of nitrogens with zero attached hydrogens (tertiary/aromatic N) is 2. The van der Waals surface area contributed by atoms with E-state index in [1.165, 1.54) is 6.07 Å². The number of pyridine rings is 1. The SMILES string of the molecule is Fc1ccn2cnc(Br)c2c1Cl. The smallest absolute Gasteiger partial charge is 0.145 e. The minimum Gasteiger partial charge on any atom is -0.304 e. The van der Waals surface area contributed by atoms with Gasteiger partial charge in [-0.3, -0.25) is 0 Å². The maximum Gasteiger partial charge on any atom is 0.145 e. The molecule has 5 heteroatoms. The highest BCUT2D eigenvalue weighted by Crippen LogP contribution is 2.26. The first kappa shape index (κ1) is 8.01. The lowest BCUT2D eigenvalue weighted by Gasteiger charge is -1.97. The van der Waals surface area contributed by atoms with E-state index < -0.39 is 5.82 Å². The van der Waals surface area contributed by atoms with Crippen LogP contribution in [0.15, 0.2) is 23.2 Å². The van der Waals surface area contributed by atoms with Gasteiger partial charge in [0.2, 0.25) is 0 Å². The molecule has 2 heterocycles. The van der Waals surface area contributed by atoms with Crippen LogP contribution in [0.2, 0.25) is 5.02 Å². The van der Waals surface area contributed by atoms with Crippen molar-refractivity contribution in [3.05, 3.63) is 34.0 Å². The predicted octanol–water partition coefficient (Wildman–Crippen LogP) is 2.89. The van der Waals surface area contributed by atoms with Crippen LogP contribution >= 0.6 is 27.5 Å². The summed E-state index contributed by atoms with van der Waals surface area (Å²) in [6, 6.07) is 1.30. The topological polar surface area (TPSA) is 17.3 Å². The molecule has 0 aliphatic carbocycles. The number of rotatable bonds is 0. The quantitative estimate of drug-likeness (QED) is 0.702. The standard InChI is InChI=1S/C7H3BrClFN2/c8-7-6-5(9)4(10)1-2-12(6)3-11-7/h1-3H. The first-order valence-corrected chi connectivity index (χ1v) is 4.33. The Kier molecular flexibility index (Phi) is 1.81. The van der Waals surface area contributed by atoms with Gasteiger partial charge in [0.1, 0.15) is 27.3 Å². The van der Waals surface area contributed by atoms with E-state index in [2.05, 4.69) is 20.9 Å². The van der Waals surface area contributed by atoms with Crippen LogP contribution in [-0.4, -0.2) is 9.38 Å². The van der Waals surface area contributed by atoms with E-state index in [-0.39, 0.29) is 5.02 Å². The molecule has 0 saturated heterocycles. The minimum absolute atomic E-state index is 0.0851. The van der Waals surface area contributed by atoms with Crippen molar-refractivity contribution in [1.29, 1.82) is 0 Å². The molecule has 0 saturated carbocycles. The fourth-order valence-corrected chi connectivity index (χ4v) is 1.85. The van der Waals surface area contributed by atoms with Crippen molar-refractivity contribution in [2.24, 2.45) is 0 Å². The summed E-state index contributed by atoms with van der Waals surface area (Å²) in [6.07, 6.45) is 3.12. The molecule has 2 nitrogen and oxygen atoms in total. The third-order valence-corrected chi connectivity index (χ3v) is 2.49. The Balaban J connectivity index is 2.96. The summed E-state index contributed by atoms with van der Waals surface area (Å²) in [6.45, 7) is 0. The second-order valence-corrected chi connectivity index (χ2v) is 3.40. The van der Waals surface area contributed by atoms with Gasteiger partial charge < -0.3 is 4.40 Å². The molecule has 0 fully saturated rings. The highest BCUT2D eigenvalue weighted by Gasteiger charge is 2.09.